The SMILES string of the molecule is O=C(NC1COc2ccc(C(F)(F)F)cc2C1F)c1cc2n(n1)CCN(CCC(F)(F)F)C2. The second kappa shape index (κ2) is 8.50. The number of nitrogens with zero attached hydrogens (tertiary/aromatic N) is 3. The fraction of sp³-hybridized carbons (Fsp3) is 0.500. The molecule has 0 saturated carbocycles. The average molecular weight is 480 g/mol. The summed E-state index contributed by atoms with van der Waals surface area (Å²) < 4.78 is 98.0. The summed E-state index contributed by atoms with van der Waals surface area (Å²) in [5.74, 6) is -0.789. The zero-order chi connectivity index (χ0) is 24.0. The summed E-state index contributed by atoms with van der Waals surface area (Å²) in [4.78, 5) is 14.2. The second-order valence-corrected chi connectivity index (χ2v) is 7.93. The Morgan fingerprint density at radius 3 is 2.61 bits per heavy atom. The molecule has 1 amide bonds. The van der Waals surface area contributed by atoms with Gasteiger partial charge in [0, 0.05) is 25.2 Å². The Labute approximate surface area is 183 Å². The number of halogens is 7. The number of fused-ring (bicyclic) bond motifs is 2. The third-order valence-corrected chi connectivity index (χ3v) is 5.54. The van der Waals surface area contributed by atoms with Gasteiger partial charge < -0.3 is 10.1 Å². The Hall–Kier alpha value is -2.83. The third kappa shape index (κ3) is 5.23. The number of rotatable bonds is 4. The molecule has 0 spiro atoms. The standard InChI is InChI=1S/C20H19F7N4O2/c21-17-13-7-11(20(25,26)27)1-2-16(13)33-10-15(17)28-18(32)14-8-12-9-30(4-3-19(22,23)24)5-6-31(12)29-14/h1-2,7-8,15,17H,3-6,9-10H2,(H,28,32). The molecule has 180 valence electrons. The van der Waals surface area contributed by atoms with Gasteiger partial charge in [0.1, 0.15) is 12.4 Å². The summed E-state index contributed by atoms with van der Waals surface area (Å²) in [6.07, 6.45) is -11.8. The molecule has 2 atom stereocenters. The van der Waals surface area contributed by atoms with Gasteiger partial charge in [-0.15, -0.1) is 0 Å². The fourth-order valence-corrected chi connectivity index (χ4v) is 3.82. The van der Waals surface area contributed by atoms with E-state index >= 15 is 0 Å². The molecule has 0 aliphatic carbocycles. The van der Waals surface area contributed by atoms with Crippen molar-refractivity contribution in [2.45, 2.75) is 44.1 Å². The maximum atomic E-state index is 15.0. The predicted molar refractivity (Wildman–Crippen MR) is 100 cm³/mol. The number of ether oxygens (including phenoxy) is 1. The number of nitrogens with one attached hydrogen (secondary N) is 1. The molecule has 2 aromatic rings. The minimum atomic E-state index is -4.66. The van der Waals surface area contributed by atoms with Crippen molar-refractivity contribution >= 4 is 5.91 Å². The van der Waals surface area contributed by atoms with Gasteiger partial charge in [-0.1, -0.05) is 0 Å². The van der Waals surface area contributed by atoms with E-state index in [9.17, 15) is 35.5 Å². The topological polar surface area (TPSA) is 59.4 Å². The van der Waals surface area contributed by atoms with Crippen molar-refractivity contribution in [1.82, 2.24) is 20.0 Å². The van der Waals surface area contributed by atoms with Gasteiger partial charge >= 0.3 is 12.4 Å². The van der Waals surface area contributed by atoms with Crippen molar-refractivity contribution in [3.63, 3.8) is 0 Å². The zero-order valence-electron chi connectivity index (χ0n) is 17.0. The highest BCUT2D eigenvalue weighted by molar-refractivity contribution is 5.92. The van der Waals surface area contributed by atoms with Gasteiger partial charge in [-0.05, 0) is 24.3 Å². The van der Waals surface area contributed by atoms with Crippen LogP contribution in [0, 0.1) is 0 Å². The molecule has 2 aliphatic rings. The maximum Gasteiger partial charge on any atom is 0.416 e. The molecule has 0 fully saturated rings. The molecule has 13 heteroatoms. The third-order valence-electron chi connectivity index (χ3n) is 5.54. The monoisotopic (exact) mass is 480 g/mol. The van der Waals surface area contributed by atoms with Crippen LogP contribution in [0.25, 0.3) is 0 Å². The van der Waals surface area contributed by atoms with E-state index in [0.717, 1.165) is 12.1 Å². The molecular formula is C20H19F7N4O2. The van der Waals surface area contributed by atoms with Crippen molar-refractivity contribution in [2.24, 2.45) is 0 Å². The molecule has 2 unspecified atom stereocenters. The fourth-order valence-electron chi connectivity index (χ4n) is 3.82. The first-order valence-corrected chi connectivity index (χ1v) is 10.1. The van der Waals surface area contributed by atoms with E-state index in [2.05, 4.69) is 10.4 Å². The van der Waals surface area contributed by atoms with E-state index < -0.39 is 42.5 Å². The molecule has 1 N–H and O–H groups in total. The summed E-state index contributed by atoms with van der Waals surface area (Å²) in [7, 11) is 0. The number of hydrogen-bond donors (Lipinski definition) is 1. The quantitative estimate of drug-likeness (QED) is 0.676. The lowest BCUT2D eigenvalue weighted by Crippen LogP contribution is -2.44. The van der Waals surface area contributed by atoms with Crippen LogP contribution >= 0.6 is 0 Å². The van der Waals surface area contributed by atoms with Crippen LogP contribution in [0.1, 0.15) is 39.9 Å². The first-order chi connectivity index (χ1) is 15.4. The van der Waals surface area contributed by atoms with E-state index in [-0.39, 0.29) is 43.2 Å². The molecule has 0 radical (unpaired) electrons. The van der Waals surface area contributed by atoms with Crippen LogP contribution in [0.5, 0.6) is 5.75 Å². The number of hydrogen-bond acceptors (Lipinski definition) is 4. The van der Waals surface area contributed by atoms with Gasteiger partial charge in [-0.25, -0.2) is 4.39 Å². The van der Waals surface area contributed by atoms with Crippen molar-refractivity contribution in [3.8, 4) is 5.75 Å². The van der Waals surface area contributed by atoms with Crippen molar-refractivity contribution in [3.05, 3.63) is 46.8 Å². The number of carbonyl (C=O) groups excluding carboxylic acids is 1. The Bertz CT molecular complexity index is 1030. The van der Waals surface area contributed by atoms with Crippen LogP contribution in [0.2, 0.25) is 0 Å². The molecule has 33 heavy (non-hydrogen) atoms. The zero-order valence-corrected chi connectivity index (χ0v) is 17.0. The first kappa shape index (κ1) is 23.3. The van der Waals surface area contributed by atoms with Gasteiger partial charge in [-0.3, -0.25) is 14.4 Å². The smallest absolute Gasteiger partial charge is 0.416 e. The van der Waals surface area contributed by atoms with Crippen molar-refractivity contribution in [2.75, 3.05) is 19.7 Å². The predicted octanol–water partition coefficient (Wildman–Crippen LogP) is 3.87. The van der Waals surface area contributed by atoms with E-state index in [1.54, 1.807) is 4.90 Å². The lowest BCUT2D eigenvalue weighted by Gasteiger charge is -2.29. The number of aromatic nitrogens is 2. The average Bonchev–Trinajstić information content (AvgIpc) is 3.16. The van der Waals surface area contributed by atoms with Gasteiger partial charge in [0.05, 0.1) is 30.3 Å². The molecule has 0 bridgehead atoms. The van der Waals surface area contributed by atoms with E-state index in [1.807, 2.05) is 0 Å². The molecule has 0 saturated heterocycles. The number of carbonyl (C=O) groups is 1. The molecular weight excluding hydrogens is 461 g/mol. The van der Waals surface area contributed by atoms with Crippen LogP contribution in [-0.2, 0) is 19.3 Å². The summed E-state index contributed by atoms with van der Waals surface area (Å²) in [6.45, 7) is 0.310. The van der Waals surface area contributed by atoms with Crippen LogP contribution in [0.15, 0.2) is 24.3 Å². The lowest BCUT2D eigenvalue weighted by molar-refractivity contribution is -0.139. The molecule has 1 aromatic heterocycles. The molecule has 1 aromatic carbocycles. The number of amides is 1. The van der Waals surface area contributed by atoms with Gasteiger partial charge in [0.2, 0.25) is 0 Å². The van der Waals surface area contributed by atoms with Crippen molar-refractivity contribution in [1.29, 1.82) is 0 Å². The minimum absolute atomic E-state index is 0.0302. The lowest BCUT2D eigenvalue weighted by atomic mass is 9.98. The Morgan fingerprint density at radius 1 is 1.15 bits per heavy atom. The number of benzene rings is 1. The van der Waals surface area contributed by atoms with Crippen LogP contribution in [0.3, 0.4) is 0 Å². The summed E-state index contributed by atoms with van der Waals surface area (Å²) in [5.41, 5.74) is -0.878. The Balaban J connectivity index is 1.42. The first-order valence-electron chi connectivity index (χ1n) is 10.1. The minimum Gasteiger partial charge on any atom is -0.491 e. The molecule has 3 heterocycles. The number of alkyl halides is 7. The maximum absolute atomic E-state index is 15.0. The van der Waals surface area contributed by atoms with Gasteiger partial charge in [0.15, 0.2) is 11.9 Å². The summed E-state index contributed by atoms with van der Waals surface area (Å²) >= 11 is 0. The highest BCUT2D eigenvalue weighted by Crippen LogP contribution is 2.39. The Kier molecular flexibility index (Phi) is 6.01. The van der Waals surface area contributed by atoms with Crippen LogP contribution in [-0.4, -0.2) is 52.5 Å². The van der Waals surface area contributed by atoms with E-state index in [1.165, 1.54) is 10.7 Å². The van der Waals surface area contributed by atoms with Crippen molar-refractivity contribution < 1.29 is 40.3 Å². The van der Waals surface area contributed by atoms with Gasteiger partial charge in [-0.2, -0.15) is 31.4 Å². The van der Waals surface area contributed by atoms with E-state index in [0.29, 0.717) is 18.3 Å². The summed E-state index contributed by atoms with van der Waals surface area (Å²) in [5, 5.41) is 6.51. The molecule has 4 rings (SSSR count). The Morgan fingerprint density at radius 2 is 1.91 bits per heavy atom. The summed E-state index contributed by atoms with van der Waals surface area (Å²) in [6, 6.07) is 2.65. The largest absolute Gasteiger partial charge is 0.491 e. The highest BCUT2D eigenvalue weighted by atomic mass is 19.4. The molecule has 2 aliphatic heterocycles. The van der Waals surface area contributed by atoms with Crippen LogP contribution < -0.4 is 10.1 Å². The normalized spacial score (nSPS) is 21.2. The second-order valence-electron chi connectivity index (χ2n) is 7.93. The van der Waals surface area contributed by atoms with Gasteiger partial charge in [0.25, 0.3) is 5.91 Å². The van der Waals surface area contributed by atoms with Crippen LogP contribution in [0.4, 0.5) is 30.7 Å². The molecule has 6 nitrogen and oxygen atoms in total. The van der Waals surface area contributed by atoms with E-state index in [4.69, 9.17) is 4.74 Å². The highest BCUT2D eigenvalue weighted by Gasteiger charge is 2.37.